The van der Waals surface area contributed by atoms with Crippen molar-refractivity contribution in [3.63, 3.8) is 0 Å². The van der Waals surface area contributed by atoms with Crippen molar-refractivity contribution in [1.29, 1.82) is 0 Å². The zero-order chi connectivity index (χ0) is 33.3. The summed E-state index contributed by atoms with van der Waals surface area (Å²) in [5.74, 6) is -3.99. The van der Waals surface area contributed by atoms with Gasteiger partial charge in [-0.15, -0.1) is 0 Å². The van der Waals surface area contributed by atoms with Crippen molar-refractivity contribution >= 4 is 23.9 Å². The maximum atomic E-state index is 13.8. The minimum atomic E-state index is -1.96. The van der Waals surface area contributed by atoms with Crippen LogP contribution >= 0.6 is 0 Å². The Morgan fingerprint density at radius 1 is 0.956 bits per heavy atom. The van der Waals surface area contributed by atoms with Crippen LogP contribution in [0.2, 0.25) is 0 Å². The summed E-state index contributed by atoms with van der Waals surface area (Å²) in [6, 6.07) is 8.15. The molecule has 12 nitrogen and oxygen atoms in total. The fourth-order valence-electron chi connectivity index (χ4n) is 8.80. The van der Waals surface area contributed by atoms with Crippen molar-refractivity contribution < 1.29 is 58.2 Å². The van der Waals surface area contributed by atoms with Crippen LogP contribution in [0.4, 0.5) is 0 Å². The SMILES string of the molecule is CC(=O)O[C@H]1C[C@H](O)[C@@]2(O)CO[C@H]3[C@H]2[C@]1(C)[C@@H](OC(C)=O)[C@H](OC(=O)c1ccccc1)C1=C(C)[C@@H](O)C[C@]13C(C)(C)OC(C)=O. The van der Waals surface area contributed by atoms with Gasteiger partial charge in [0, 0.05) is 33.1 Å². The van der Waals surface area contributed by atoms with Crippen LogP contribution in [0, 0.1) is 16.7 Å². The van der Waals surface area contributed by atoms with E-state index in [0.29, 0.717) is 11.1 Å². The van der Waals surface area contributed by atoms with Gasteiger partial charge in [-0.1, -0.05) is 25.1 Å². The van der Waals surface area contributed by atoms with Crippen LogP contribution in [0.5, 0.6) is 0 Å². The first kappa shape index (κ1) is 33.1. The molecule has 0 amide bonds. The Hall–Kier alpha value is -3.32. The van der Waals surface area contributed by atoms with Gasteiger partial charge in [-0.3, -0.25) is 14.4 Å². The Bertz CT molecular complexity index is 1420. The molecule has 3 aliphatic carbocycles. The van der Waals surface area contributed by atoms with Crippen LogP contribution in [0.25, 0.3) is 0 Å². The first-order chi connectivity index (χ1) is 20.9. The number of rotatable bonds is 6. The molecule has 2 saturated carbocycles. The molecule has 5 rings (SSSR count). The number of carbonyl (C=O) groups is 4. The number of esters is 4. The third kappa shape index (κ3) is 4.88. The quantitative estimate of drug-likeness (QED) is 0.237. The maximum Gasteiger partial charge on any atom is 0.338 e. The van der Waals surface area contributed by atoms with Gasteiger partial charge in [0.1, 0.15) is 17.3 Å². The summed E-state index contributed by atoms with van der Waals surface area (Å²) < 4.78 is 30.6. The molecular formula is C33H42O12. The van der Waals surface area contributed by atoms with E-state index < -0.39 is 88.5 Å². The minimum Gasteiger partial charge on any atom is -0.462 e. The zero-order valence-corrected chi connectivity index (χ0v) is 26.6. The van der Waals surface area contributed by atoms with E-state index in [-0.39, 0.29) is 25.0 Å². The van der Waals surface area contributed by atoms with Crippen molar-refractivity contribution in [3.8, 4) is 0 Å². The molecule has 3 fully saturated rings. The van der Waals surface area contributed by atoms with Crippen LogP contribution in [0.3, 0.4) is 0 Å². The van der Waals surface area contributed by atoms with Crippen LogP contribution in [0.1, 0.15) is 71.7 Å². The Kier molecular flexibility index (Phi) is 8.21. The highest BCUT2D eigenvalue weighted by Crippen LogP contribution is 2.69. The van der Waals surface area contributed by atoms with Crippen LogP contribution < -0.4 is 0 Å². The summed E-state index contributed by atoms with van der Waals surface area (Å²) in [6.45, 7) is 9.85. The fraction of sp³-hybridized carbons (Fsp3) is 0.636. The monoisotopic (exact) mass is 630 g/mol. The van der Waals surface area contributed by atoms with Gasteiger partial charge in [0.15, 0.2) is 12.2 Å². The lowest BCUT2D eigenvalue weighted by Crippen LogP contribution is -2.70. The highest BCUT2D eigenvalue weighted by atomic mass is 16.6. The summed E-state index contributed by atoms with van der Waals surface area (Å²) in [7, 11) is 0. The van der Waals surface area contributed by atoms with Crippen molar-refractivity contribution in [2.45, 2.75) is 109 Å². The number of hydrogen-bond donors (Lipinski definition) is 3. The minimum absolute atomic E-state index is 0.0811. The Balaban J connectivity index is 1.88. The maximum absolute atomic E-state index is 13.8. The van der Waals surface area contributed by atoms with E-state index in [9.17, 15) is 34.5 Å². The lowest BCUT2D eigenvalue weighted by Gasteiger charge is -2.56. The molecule has 1 saturated heterocycles. The van der Waals surface area contributed by atoms with Crippen molar-refractivity contribution in [3.05, 3.63) is 47.0 Å². The van der Waals surface area contributed by atoms with E-state index in [2.05, 4.69) is 0 Å². The van der Waals surface area contributed by atoms with E-state index in [4.69, 9.17) is 23.7 Å². The third-order valence-electron chi connectivity index (χ3n) is 10.6. The molecule has 1 heterocycles. The number of carbonyl (C=O) groups excluding carboxylic acids is 4. The molecule has 45 heavy (non-hydrogen) atoms. The average Bonchev–Trinajstić information content (AvgIpc) is 3.42. The van der Waals surface area contributed by atoms with Gasteiger partial charge in [-0.05, 0) is 50.5 Å². The number of hydrogen-bond acceptors (Lipinski definition) is 12. The highest BCUT2D eigenvalue weighted by molar-refractivity contribution is 5.89. The molecule has 1 aromatic rings. The Labute approximate surface area is 261 Å². The van der Waals surface area contributed by atoms with Gasteiger partial charge in [-0.2, -0.15) is 0 Å². The Morgan fingerprint density at radius 2 is 1.58 bits per heavy atom. The van der Waals surface area contributed by atoms with Gasteiger partial charge in [0.25, 0.3) is 0 Å². The molecule has 0 unspecified atom stereocenters. The van der Waals surface area contributed by atoms with Crippen molar-refractivity contribution in [2.75, 3.05) is 6.61 Å². The molecule has 10 atom stereocenters. The fourth-order valence-corrected chi connectivity index (χ4v) is 8.80. The Morgan fingerprint density at radius 3 is 2.16 bits per heavy atom. The lowest BCUT2D eigenvalue weighted by molar-refractivity contribution is -0.248. The number of ether oxygens (including phenoxy) is 5. The first-order valence-corrected chi connectivity index (χ1v) is 15.1. The van der Waals surface area contributed by atoms with Crippen LogP contribution in [-0.4, -0.2) is 93.6 Å². The van der Waals surface area contributed by atoms with Gasteiger partial charge in [0.2, 0.25) is 0 Å². The number of fused-ring (bicyclic) bond motifs is 2. The van der Waals surface area contributed by atoms with Crippen LogP contribution in [0.15, 0.2) is 41.5 Å². The topological polar surface area (TPSA) is 175 Å². The summed E-state index contributed by atoms with van der Waals surface area (Å²) in [5, 5.41) is 35.2. The first-order valence-electron chi connectivity index (χ1n) is 15.1. The van der Waals surface area contributed by atoms with Gasteiger partial charge < -0.3 is 39.0 Å². The number of benzene rings is 1. The summed E-state index contributed by atoms with van der Waals surface area (Å²) in [6.07, 6.45) is -8.03. The standard InChI is InChI=1S/C33H42O12/c1-16-21(37)14-32(30(5,6)45-19(4)36)24(16)25(44-29(39)20-11-9-8-10-12-20)27(43-18(3)35)31(7)23(42-17(2)34)13-22(38)33(40)15-41-28(32)26(31)33/h8-12,21-23,25-28,37-38,40H,13-15H2,1-7H3/t21-,22-,23-,25+,26-,27-,28-,31+,32-,33-/m0/s1. The second-order valence-electron chi connectivity index (χ2n) is 13.5. The van der Waals surface area contributed by atoms with E-state index in [1.807, 2.05) is 0 Å². The highest BCUT2D eigenvalue weighted by Gasteiger charge is 2.79. The molecule has 246 valence electrons. The molecule has 0 radical (unpaired) electrons. The van der Waals surface area contributed by atoms with Crippen molar-refractivity contribution in [2.24, 2.45) is 16.7 Å². The molecule has 12 heteroatoms. The molecule has 4 aliphatic rings. The molecule has 1 aromatic carbocycles. The predicted octanol–water partition coefficient (Wildman–Crippen LogP) is 2.02. The number of aliphatic hydroxyl groups is 3. The smallest absolute Gasteiger partial charge is 0.338 e. The van der Waals surface area contributed by atoms with Crippen molar-refractivity contribution in [1.82, 2.24) is 0 Å². The summed E-state index contributed by atoms with van der Waals surface area (Å²) >= 11 is 0. The normalized spacial score (nSPS) is 38.8. The predicted molar refractivity (Wildman–Crippen MR) is 155 cm³/mol. The largest absolute Gasteiger partial charge is 0.462 e. The molecule has 1 aliphatic heterocycles. The summed E-state index contributed by atoms with van der Waals surface area (Å²) in [4.78, 5) is 51.8. The summed E-state index contributed by atoms with van der Waals surface area (Å²) in [5.41, 5.74) is -5.60. The zero-order valence-electron chi connectivity index (χ0n) is 26.6. The molecule has 3 N–H and O–H groups in total. The molecule has 0 aromatic heterocycles. The molecule has 0 spiro atoms. The van der Waals surface area contributed by atoms with Crippen LogP contribution in [-0.2, 0) is 38.1 Å². The second-order valence-corrected chi connectivity index (χ2v) is 13.5. The van der Waals surface area contributed by atoms with Gasteiger partial charge in [0.05, 0.1) is 41.3 Å². The third-order valence-corrected chi connectivity index (χ3v) is 10.6. The van der Waals surface area contributed by atoms with E-state index in [1.165, 1.54) is 20.8 Å². The lowest BCUT2D eigenvalue weighted by atomic mass is 9.52. The van der Waals surface area contributed by atoms with E-state index in [0.717, 1.165) is 0 Å². The van der Waals surface area contributed by atoms with E-state index in [1.54, 1.807) is 58.0 Å². The average molecular weight is 631 g/mol. The van der Waals surface area contributed by atoms with E-state index >= 15 is 0 Å². The van der Waals surface area contributed by atoms with Gasteiger partial charge >= 0.3 is 23.9 Å². The number of aliphatic hydroxyl groups excluding tert-OH is 2. The molecule has 0 bridgehead atoms. The van der Waals surface area contributed by atoms with Gasteiger partial charge in [-0.25, -0.2) is 4.79 Å². The second kappa shape index (κ2) is 11.2. The molecular weight excluding hydrogens is 588 g/mol.